The number of hydrogen-bond acceptors (Lipinski definition) is 5. The van der Waals surface area contributed by atoms with E-state index in [2.05, 4.69) is 56.8 Å². The summed E-state index contributed by atoms with van der Waals surface area (Å²) in [4.78, 5) is 8.75. The highest BCUT2D eigenvalue weighted by atomic mass is 32.1. The maximum Gasteiger partial charge on any atom is 0.191 e. The van der Waals surface area contributed by atoms with Crippen LogP contribution >= 0.6 is 11.3 Å². The fourth-order valence-corrected chi connectivity index (χ4v) is 3.23. The van der Waals surface area contributed by atoms with E-state index >= 15 is 0 Å². The van der Waals surface area contributed by atoms with Crippen LogP contribution in [0.15, 0.2) is 41.5 Å². The molecule has 0 aliphatic carbocycles. The average Bonchev–Trinajstić information content (AvgIpc) is 3.11. The molecule has 0 bridgehead atoms. The molecule has 2 aromatic heterocycles. The van der Waals surface area contributed by atoms with E-state index in [1.54, 1.807) is 18.4 Å². The summed E-state index contributed by atoms with van der Waals surface area (Å²) in [5.74, 6) is 1.12. The molecule has 0 aliphatic rings. The zero-order chi connectivity index (χ0) is 17.6. The number of nitrogens with zero attached hydrogens (tertiary/aromatic N) is 4. The molecule has 7 heteroatoms. The van der Waals surface area contributed by atoms with E-state index in [1.165, 1.54) is 5.39 Å². The lowest BCUT2D eigenvalue weighted by Gasteiger charge is -2.11. The minimum absolute atomic E-state index is 0.404. The van der Waals surface area contributed by atoms with E-state index < -0.39 is 0 Å². The van der Waals surface area contributed by atoms with Gasteiger partial charge in [-0.25, -0.2) is 0 Å². The van der Waals surface area contributed by atoms with Gasteiger partial charge in [0.05, 0.1) is 18.8 Å². The molecule has 0 atom stereocenters. The summed E-state index contributed by atoms with van der Waals surface area (Å²) >= 11 is 1.63. The van der Waals surface area contributed by atoms with Gasteiger partial charge in [-0.05, 0) is 11.5 Å². The van der Waals surface area contributed by atoms with Crippen LogP contribution in [-0.4, -0.2) is 28.2 Å². The lowest BCUT2D eigenvalue weighted by Crippen LogP contribution is -2.36. The minimum Gasteiger partial charge on any atom is -0.351 e. The first-order valence-corrected chi connectivity index (χ1v) is 9.08. The molecule has 25 heavy (non-hydrogen) atoms. The third kappa shape index (κ3) is 4.30. The van der Waals surface area contributed by atoms with Crippen molar-refractivity contribution in [3.05, 3.63) is 52.2 Å². The van der Waals surface area contributed by atoms with Gasteiger partial charge in [-0.2, -0.15) is 0 Å². The van der Waals surface area contributed by atoms with Gasteiger partial charge < -0.3 is 10.6 Å². The fraction of sp³-hybridized carbons (Fsp3) is 0.333. The van der Waals surface area contributed by atoms with Crippen LogP contribution in [0.3, 0.4) is 0 Å². The van der Waals surface area contributed by atoms with Gasteiger partial charge in [0.25, 0.3) is 0 Å². The number of nitrogens with one attached hydrogen (secondary N) is 2. The van der Waals surface area contributed by atoms with Crippen molar-refractivity contribution in [1.29, 1.82) is 0 Å². The van der Waals surface area contributed by atoms with Gasteiger partial charge in [-0.1, -0.05) is 49.4 Å². The minimum atomic E-state index is 0.404. The van der Waals surface area contributed by atoms with Gasteiger partial charge in [-0.3, -0.25) is 9.98 Å². The summed E-state index contributed by atoms with van der Waals surface area (Å²) in [6.07, 6.45) is 1.84. The molecule has 2 heterocycles. The molecule has 0 spiro atoms. The molecule has 2 N–H and O–H groups in total. The van der Waals surface area contributed by atoms with Gasteiger partial charge in [0.15, 0.2) is 5.96 Å². The number of pyridine rings is 1. The number of fused-ring (bicyclic) bond motifs is 1. The monoisotopic (exact) mass is 354 g/mol. The topological polar surface area (TPSA) is 75.1 Å². The molecule has 1 aromatic carbocycles. The molecule has 3 rings (SSSR count). The summed E-state index contributed by atoms with van der Waals surface area (Å²) < 4.78 is 0. The summed E-state index contributed by atoms with van der Waals surface area (Å²) in [5.41, 5.74) is 0.999. The Hall–Kier alpha value is -2.54. The van der Waals surface area contributed by atoms with Gasteiger partial charge in [0, 0.05) is 24.5 Å². The highest BCUT2D eigenvalue weighted by Crippen LogP contribution is 2.18. The Morgan fingerprint density at radius 1 is 1.12 bits per heavy atom. The zero-order valence-corrected chi connectivity index (χ0v) is 15.5. The number of benzene rings is 1. The fourth-order valence-electron chi connectivity index (χ4n) is 2.44. The molecule has 0 saturated carbocycles. The van der Waals surface area contributed by atoms with Crippen molar-refractivity contribution in [2.45, 2.75) is 32.9 Å². The second kappa shape index (κ2) is 8.02. The van der Waals surface area contributed by atoms with Gasteiger partial charge in [0.1, 0.15) is 10.0 Å². The van der Waals surface area contributed by atoms with E-state index in [0.29, 0.717) is 19.0 Å². The van der Waals surface area contributed by atoms with E-state index in [0.717, 1.165) is 27.1 Å². The lowest BCUT2D eigenvalue weighted by atomic mass is 10.1. The molecular weight excluding hydrogens is 332 g/mol. The zero-order valence-electron chi connectivity index (χ0n) is 14.7. The van der Waals surface area contributed by atoms with Gasteiger partial charge in [0.2, 0.25) is 0 Å². The van der Waals surface area contributed by atoms with Crippen LogP contribution in [0.2, 0.25) is 0 Å². The SMILES string of the molecule is CN=C(NCc1nnc(C(C)C)s1)NCc1nccc2ccccc12. The van der Waals surface area contributed by atoms with E-state index in [1.807, 2.05) is 24.4 Å². The predicted octanol–water partition coefficient (Wildman–Crippen LogP) is 3.07. The lowest BCUT2D eigenvalue weighted by molar-refractivity contribution is 0.779. The van der Waals surface area contributed by atoms with Crippen molar-refractivity contribution in [3.63, 3.8) is 0 Å². The predicted molar refractivity (Wildman–Crippen MR) is 103 cm³/mol. The summed E-state index contributed by atoms with van der Waals surface area (Å²) in [6, 6.07) is 10.3. The van der Waals surface area contributed by atoms with Crippen LogP contribution in [0, 0.1) is 0 Å². The molecule has 0 saturated heterocycles. The molecule has 3 aromatic rings. The average molecular weight is 354 g/mol. The van der Waals surface area contributed by atoms with Crippen molar-refractivity contribution >= 4 is 28.1 Å². The second-order valence-corrected chi connectivity index (χ2v) is 7.04. The number of aromatic nitrogens is 3. The van der Waals surface area contributed by atoms with Crippen molar-refractivity contribution in [2.75, 3.05) is 7.05 Å². The Bertz CT molecular complexity index is 865. The highest BCUT2D eigenvalue weighted by molar-refractivity contribution is 7.11. The Morgan fingerprint density at radius 2 is 1.92 bits per heavy atom. The van der Waals surface area contributed by atoms with Crippen LogP contribution in [0.4, 0.5) is 0 Å². The Kier molecular flexibility index (Phi) is 5.55. The summed E-state index contributed by atoms with van der Waals surface area (Å²) in [6.45, 7) is 5.45. The quantitative estimate of drug-likeness (QED) is 0.544. The van der Waals surface area contributed by atoms with E-state index in [9.17, 15) is 0 Å². The first-order valence-electron chi connectivity index (χ1n) is 8.27. The molecule has 0 aliphatic heterocycles. The highest BCUT2D eigenvalue weighted by Gasteiger charge is 2.08. The van der Waals surface area contributed by atoms with Crippen LogP contribution in [-0.2, 0) is 13.1 Å². The number of aliphatic imine (C=N–C) groups is 1. The largest absolute Gasteiger partial charge is 0.351 e. The molecule has 0 unspecified atom stereocenters. The number of guanidine groups is 1. The van der Waals surface area contributed by atoms with E-state index in [-0.39, 0.29) is 0 Å². The van der Waals surface area contributed by atoms with Crippen LogP contribution < -0.4 is 10.6 Å². The smallest absolute Gasteiger partial charge is 0.191 e. The first-order chi connectivity index (χ1) is 12.2. The summed E-state index contributed by atoms with van der Waals surface area (Å²) in [7, 11) is 1.76. The summed E-state index contributed by atoms with van der Waals surface area (Å²) in [5, 5.41) is 19.4. The maximum atomic E-state index is 4.49. The molecule has 0 fully saturated rings. The van der Waals surface area contributed by atoms with Crippen molar-refractivity contribution in [1.82, 2.24) is 25.8 Å². The standard InChI is InChI=1S/C18H22N6S/c1-12(2)17-24-23-16(25-17)11-22-18(19-3)21-10-15-14-7-5-4-6-13(14)8-9-20-15/h4-9,12H,10-11H2,1-3H3,(H2,19,21,22). The van der Waals surface area contributed by atoms with Crippen LogP contribution in [0.1, 0.15) is 35.5 Å². The van der Waals surface area contributed by atoms with Gasteiger partial charge in [-0.15, -0.1) is 10.2 Å². The van der Waals surface area contributed by atoms with Crippen molar-refractivity contribution in [3.8, 4) is 0 Å². The van der Waals surface area contributed by atoms with Crippen LogP contribution in [0.25, 0.3) is 10.8 Å². The van der Waals surface area contributed by atoms with Crippen molar-refractivity contribution in [2.24, 2.45) is 4.99 Å². The first kappa shape index (κ1) is 17.3. The Balaban J connectivity index is 1.60. The molecule has 0 amide bonds. The number of rotatable bonds is 5. The molecule has 6 nitrogen and oxygen atoms in total. The van der Waals surface area contributed by atoms with Gasteiger partial charge >= 0.3 is 0 Å². The molecular formula is C18H22N6S. The number of hydrogen-bond donors (Lipinski definition) is 2. The molecule has 0 radical (unpaired) electrons. The third-order valence-electron chi connectivity index (χ3n) is 3.79. The third-order valence-corrected chi connectivity index (χ3v) is 5.01. The normalized spacial score (nSPS) is 11.9. The van der Waals surface area contributed by atoms with Crippen molar-refractivity contribution < 1.29 is 0 Å². The molecule has 130 valence electrons. The maximum absolute atomic E-state index is 4.49. The van der Waals surface area contributed by atoms with E-state index in [4.69, 9.17) is 0 Å². The Labute approximate surface area is 151 Å². The van der Waals surface area contributed by atoms with Crippen LogP contribution in [0.5, 0.6) is 0 Å². The Morgan fingerprint density at radius 3 is 2.68 bits per heavy atom. The second-order valence-electron chi connectivity index (χ2n) is 5.95.